The summed E-state index contributed by atoms with van der Waals surface area (Å²) in [5.41, 5.74) is 0.628. The lowest BCUT2D eigenvalue weighted by molar-refractivity contribution is 0.381. The highest BCUT2D eigenvalue weighted by molar-refractivity contribution is 7.91. The van der Waals surface area contributed by atoms with Gasteiger partial charge in [-0.25, -0.2) is 4.57 Å². The topological polar surface area (TPSA) is 69.7 Å². The van der Waals surface area contributed by atoms with Crippen molar-refractivity contribution < 1.29 is 21.5 Å². The molecular weight excluding hydrogens is 407 g/mol. The molecule has 0 saturated carbocycles. The first kappa shape index (κ1) is 19.6. The normalized spacial score (nSPS) is 13.7. The molecule has 0 saturated heterocycles. The van der Waals surface area contributed by atoms with Crippen LogP contribution >= 0.6 is 19.2 Å². The fourth-order valence-electron chi connectivity index (χ4n) is 2.32. The van der Waals surface area contributed by atoms with E-state index in [2.05, 4.69) is 0 Å². The van der Waals surface area contributed by atoms with E-state index in [0.717, 1.165) is 0 Å². The van der Waals surface area contributed by atoms with Gasteiger partial charge in [0.25, 0.3) is 0 Å². The minimum Gasteiger partial charge on any atom is -0.424 e. The second-order valence-corrected chi connectivity index (χ2v) is 9.77. The Bertz CT molecular complexity index is 993. The molecule has 8 heteroatoms. The molecule has 3 aromatic carbocycles. The van der Waals surface area contributed by atoms with Crippen LogP contribution < -0.4 is 4.52 Å². The summed E-state index contributed by atoms with van der Waals surface area (Å²) in [7, 11) is -8.40. The molecule has 0 N–H and O–H groups in total. The summed E-state index contributed by atoms with van der Waals surface area (Å²) < 4.78 is 49.2. The summed E-state index contributed by atoms with van der Waals surface area (Å²) in [4.78, 5) is -0.156. The second-order valence-electron chi connectivity index (χ2n) is 5.64. The summed E-state index contributed by atoms with van der Waals surface area (Å²) in [5.74, 6) is 0.253. The summed E-state index contributed by atoms with van der Waals surface area (Å²) in [5, 5.41) is 0.377. The molecule has 3 rings (SSSR count). The maximum atomic E-state index is 13.4. The van der Waals surface area contributed by atoms with Crippen molar-refractivity contribution in [1.82, 2.24) is 0 Å². The molecule has 0 radical (unpaired) electrons. The van der Waals surface area contributed by atoms with Crippen molar-refractivity contribution in [2.24, 2.45) is 0 Å². The quantitative estimate of drug-likeness (QED) is 0.469. The molecule has 0 bridgehead atoms. The van der Waals surface area contributed by atoms with Gasteiger partial charge in [0.2, 0.25) is 0 Å². The Balaban J connectivity index is 1.93. The van der Waals surface area contributed by atoms with E-state index in [0.29, 0.717) is 10.6 Å². The highest BCUT2D eigenvalue weighted by atomic mass is 35.5. The van der Waals surface area contributed by atoms with Gasteiger partial charge in [0.1, 0.15) is 5.75 Å². The molecule has 5 nitrogen and oxygen atoms in total. The Morgan fingerprint density at radius 3 is 1.96 bits per heavy atom. The molecule has 0 heterocycles. The van der Waals surface area contributed by atoms with E-state index in [1.807, 2.05) is 0 Å². The van der Waals surface area contributed by atoms with Crippen LogP contribution in [0.25, 0.3) is 0 Å². The van der Waals surface area contributed by atoms with Gasteiger partial charge in [0.15, 0.2) is 0 Å². The van der Waals surface area contributed by atoms with Gasteiger partial charge in [0, 0.05) is 5.02 Å². The molecule has 140 valence electrons. The van der Waals surface area contributed by atoms with Crippen LogP contribution in [0.1, 0.15) is 5.56 Å². The van der Waals surface area contributed by atoms with E-state index in [1.165, 1.54) is 24.3 Å². The van der Waals surface area contributed by atoms with Crippen LogP contribution in [0.5, 0.6) is 5.75 Å². The predicted octanol–water partition coefficient (Wildman–Crippen LogP) is 5.52. The highest BCUT2D eigenvalue weighted by Crippen LogP contribution is 2.53. The number of halogens is 1. The maximum Gasteiger partial charge on any atom is 0.398 e. The zero-order chi connectivity index (χ0) is 19.3. The van der Waals surface area contributed by atoms with Gasteiger partial charge in [-0.05, 0) is 42.0 Å². The smallest absolute Gasteiger partial charge is 0.398 e. The van der Waals surface area contributed by atoms with Crippen molar-refractivity contribution >= 4 is 29.3 Å². The van der Waals surface area contributed by atoms with Crippen LogP contribution in [0.15, 0.2) is 89.8 Å². The van der Waals surface area contributed by atoms with Gasteiger partial charge in [-0.15, -0.1) is 0 Å². The first-order valence-electron chi connectivity index (χ1n) is 7.96. The lowest BCUT2D eigenvalue weighted by Gasteiger charge is -2.19. The van der Waals surface area contributed by atoms with Crippen molar-refractivity contribution in [2.75, 3.05) is 0 Å². The van der Waals surface area contributed by atoms with Crippen molar-refractivity contribution in [3.63, 3.8) is 0 Å². The summed E-state index contributed by atoms with van der Waals surface area (Å²) in [6.45, 7) is 0. The number of hydrogen-bond acceptors (Lipinski definition) is 5. The zero-order valence-electron chi connectivity index (χ0n) is 14.1. The lowest BCUT2D eigenvalue weighted by atomic mass is 10.2. The first-order chi connectivity index (χ1) is 12.9. The molecule has 0 fully saturated rings. The molecule has 0 spiro atoms. The molecule has 0 aromatic heterocycles. The molecule has 27 heavy (non-hydrogen) atoms. The Labute approximate surface area is 163 Å². The fraction of sp³-hybridized carbons (Fsp3) is 0.0526. The van der Waals surface area contributed by atoms with Crippen molar-refractivity contribution in [2.45, 2.75) is 11.1 Å². The van der Waals surface area contributed by atoms with E-state index in [9.17, 15) is 13.0 Å². The van der Waals surface area contributed by atoms with Crippen LogP contribution in [-0.2, 0) is 24.8 Å². The third-order valence-electron chi connectivity index (χ3n) is 3.52. The maximum absolute atomic E-state index is 13.4. The minimum atomic E-state index is -4.32. The lowest BCUT2D eigenvalue weighted by Crippen LogP contribution is -2.09. The van der Waals surface area contributed by atoms with Gasteiger partial charge in [-0.1, -0.05) is 60.1 Å². The second kappa shape index (κ2) is 8.28. The summed E-state index contributed by atoms with van der Waals surface area (Å²) in [6.07, 6.45) is -0.199. The van der Waals surface area contributed by atoms with E-state index < -0.39 is 17.7 Å². The Kier molecular flexibility index (Phi) is 6.02. The molecule has 1 atom stereocenters. The number of para-hydroxylation sites is 1. The molecule has 0 amide bonds. The monoisotopic (exact) mass is 422 g/mol. The van der Waals surface area contributed by atoms with Gasteiger partial charge in [0.05, 0.1) is 11.1 Å². The third-order valence-corrected chi connectivity index (χ3v) is 7.56. The van der Waals surface area contributed by atoms with Gasteiger partial charge in [-0.2, -0.15) is 12.4 Å². The molecule has 3 aromatic rings. The summed E-state index contributed by atoms with van der Waals surface area (Å²) >= 11 is 5.79. The van der Waals surface area contributed by atoms with Crippen LogP contribution in [0.3, 0.4) is 0 Å². The van der Waals surface area contributed by atoms with Crippen molar-refractivity contribution in [3.8, 4) is 5.75 Å². The van der Waals surface area contributed by atoms with Crippen LogP contribution in [0.2, 0.25) is 5.02 Å². The fourth-order valence-corrected chi connectivity index (χ4v) is 5.95. The van der Waals surface area contributed by atoms with Gasteiger partial charge in [-0.3, -0.25) is 0 Å². The molecule has 0 aliphatic heterocycles. The van der Waals surface area contributed by atoms with Gasteiger partial charge < -0.3 is 4.52 Å². The number of benzene rings is 3. The van der Waals surface area contributed by atoms with E-state index in [-0.39, 0.29) is 16.8 Å². The molecular formula is C19H16ClO5PS. The average molecular weight is 423 g/mol. The Morgan fingerprint density at radius 1 is 0.815 bits per heavy atom. The molecule has 0 aliphatic rings. The largest absolute Gasteiger partial charge is 0.424 e. The standard InChI is InChI=1S/C19H16ClO5PS/c20-17-11-13-19(14-12-17)27(22,23)25-26(21,15-16-7-3-1-4-8-16)24-18-9-5-2-6-10-18/h1-14H,15H2. The van der Waals surface area contributed by atoms with Crippen molar-refractivity contribution in [3.05, 3.63) is 95.5 Å². The van der Waals surface area contributed by atoms with Crippen LogP contribution in [-0.4, -0.2) is 8.42 Å². The average Bonchev–Trinajstić information content (AvgIpc) is 2.63. The van der Waals surface area contributed by atoms with E-state index in [1.54, 1.807) is 60.7 Å². The first-order valence-corrected chi connectivity index (χ1v) is 11.5. The highest BCUT2D eigenvalue weighted by Gasteiger charge is 2.34. The predicted molar refractivity (Wildman–Crippen MR) is 105 cm³/mol. The van der Waals surface area contributed by atoms with Crippen molar-refractivity contribution in [1.29, 1.82) is 0 Å². The minimum absolute atomic E-state index is 0.156. The molecule has 0 aliphatic carbocycles. The third kappa shape index (κ3) is 5.44. The molecule has 1 unspecified atom stereocenters. The van der Waals surface area contributed by atoms with Gasteiger partial charge >= 0.3 is 17.7 Å². The van der Waals surface area contributed by atoms with Crippen LogP contribution in [0, 0.1) is 0 Å². The SMILES string of the molecule is O=P(Cc1ccccc1)(Oc1ccccc1)OS(=O)(=O)c1ccc(Cl)cc1. The Morgan fingerprint density at radius 2 is 1.37 bits per heavy atom. The van der Waals surface area contributed by atoms with E-state index >= 15 is 0 Å². The number of rotatable bonds is 7. The van der Waals surface area contributed by atoms with Crippen LogP contribution in [0.4, 0.5) is 0 Å². The van der Waals surface area contributed by atoms with E-state index in [4.69, 9.17) is 20.1 Å². The number of hydrogen-bond donors (Lipinski definition) is 0. The Hall–Kier alpha value is -2.11. The zero-order valence-corrected chi connectivity index (χ0v) is 16.5. The summed E-state index contributed by atoms with van der Waals surface area (Å²) in [6, 6.07) is 22.5.